The van der Waals surface area contributed by atoms with Gasteiger partial charge in [-0.25, -0.2) is 4.39 Å². The van der Waals surface area contributed by atoms with Crippen LogP contribution in [0.3, 0.4) is 0 Å². The van der Waals surface area contributed by atoms with E-state index in [1.54, 1.807) is 12.1 Å². The van der Waals surface area contributed by atoms with Gasteiger partial charge in [-0.2, -0.15) is 0 Å². The van der Waals surface area contributed by atoms with Gasteiger partial charge in [0.1, 0.15) is 0 Å². The van der Waals surface area contributed by atoms with Gasteiger partial charge in [-0.3, -0.25) is 4.79 Å². The average molecular weight is 214 g/mol. The van der Waals surface area contributed by atoms with Crippen LogP contribution in [0.4, 0.5) is 10.1 Å². The van der Waals surface area contributed by atoms with Crippen molar-refractivity contribution >= 4 is 23.2 Å². The van der Waals surface area contributed by atoms with Crippen LogP contribution in [0.1, 0.15) is 12.8 Å². The summed E-state index contributed by atoms with van der Waals surface area (Å²) in [7, 11) is 0. The van der Waals surface area contributed by atoms with E-state index in [0.717, 1.165) is 6.42 Å². The number of amides is 1. The summed E-state index contributed by atoms with van der Waals surface area (Å²) in [5.41, 5.74) is 0.292. The molecule has 1 aromatic carbocycles. The van der Waals surface area contributed by atoms with Gasteiger partial charge in [0.05, 0.1) is 10.7 Å². The van der Waals surface area contributed by atoms with Crippen LogP contribution in [-0.4, -0.2) is 12.5 Å². The second-order valence-corrected chi connectivity index (χ2v) is 3.63. The minimum atomic E-state index is -0.510. The van der Waals surface area contributed by atoms with Crippen molar-refractivity contribution in [1.82, 2.24) is 0 Å². The average Bonchev–Trinajstić information content (AvgIpc) is 2.57. The fraction of sp³-hybridized carbons (Fsp3) is 0.300. The topological polar surface area (TPSA) is 20.3 Å². The van der Waals surface area contributed by atoms with Gasteiger partial charge in [0.15, 0.2) is 5.82 Å². The number of nitrogens with zero attached hydrogens (tertiary/aromatic N) is 1. The molecular weight excluding hydrogens is 205 g/mol. The minimum Gasteiger partial charge on any atom is -0.310 e. The summed E-state index contributed by atoms with van der Waals surface area (Å²) in [6, 6.07) is 4.69. The summed E-state index contributed by atoms with van der Waals surface area (Å²) in [5, 5.41) is 0.0576. The molecule has 1 aromatic rings. The van der Waals surface area contributed by atoms with Crippen LogP contribution >= 0.6 is 11.6 Å². The van der Waals surface area contributed by atoms with Crippen molar-refractivity contribution in [3.05, 3.63) is 29.0 Å². The fourth-order valence-electron chi connectivity index (χ4n) is 1.60. The molecule has 1 heterocycles. The van der Waals surface area contributed by atoms with Gasteiger partial charge in [0, 0.05) is 13.0 Å². The molecule has 0 radical (unpaired) electrons. The predicted octanol–water partition coefficient (Wildman–Crippen LogP) is 2.61. The fourth-order valence-corrected chi connectivity index (χ4v) is 1.77. The lowest BCUT2D eigenvalue weighted by Gasteiger charge is -2.16. The molecule has 0 atom stereocenters. The third kappa shape index (κ3) is 1.48. The molecule has 1 saturated heterocycles. The van der Waals surface area contributed by atoms with Crippen molar-refractivity contribution in [3.8, 4) is 0 Å². The molecule has 1 aliphatic rings. The molecule has 2 rings (SSSR count). The van der Waals surface area contributed by atoms with Gasteiger partial charge in [0.25, 0.3) is 0 Å². The second kappa shape index (κ2) is 3.58. The maximum Gasteiger partial charge on any atom is 0.227 e. The zero-order valence-electron chi connectivity index (χ0n) is 7.46. The smallest absolute Gasteiger partial charge is 0.227 e. The number of carbonyl (C=O) groups is 1. The molecule has 2 nitrogen and oxygen atoms in total. The number of hydrogen-bond donors (Lipinski definition) is 0. The first kappa shape index (κ1) is 9.46. The molecule has 0 saturated carbocycles. The zero-order valence-corrected chi connectivity index (χ0v) is 8.22. The Kier molecular flexibility index (Phi) is 2.42. The SMILES string of the molecule is O=C1CCCN1c1cccc(Cl)c1F. The zero-order chi connectivity index (χ0) is 10.1. The number of halogens is 2. The molecule has 0 unspecified atom stereocenters. The predicted molar refractivity (Wildman–Crippen MR) is 53.0 cm³/mol. The van der Waals surface area contributed by atoms with Crippen LogP contribution in [0.5, 0.6) is 0 Å². The van der Waals surface area contributed by atoms with Gasteiger partial charge in [-0.15, -0.1) is 0 Å². The van der Waals surface area contributed by atoms with E-state index in [0.29, 0.717) is 18.7 Å². The molecule has 14 heavy (non-hydrogen) atoms. The lowest BCUT2D eigenvalue weighted by Crippen LogP contribution is -2.24. The van der Waals surface area contributed by atoms with Gasteiger partial charge < -0.3 is 4.90 Å². The van der Waals surface area contributed by atoms with E-state index in [1.807, 2.05) is 0 Å². The Balaban J connectivity index is 2.41. The standard InChI is InChI=1S/C10H9ClFNO/c11-7-3-1-4-8(10(7)12)13-6-2-5-9(13)14/h1,3-4H,2,5-6H2. The van der Waals surface area contributed by atoms with Crippen molar-refractivity contribution in [2.75, 3.05) is 11.4 Å². The van der Waals surface area contributed by atoms with Gasteiger partial charge in [-0.05, 0) is 18.6 Å². The van der Waals surface area contributed by atoms with E-state index in [1.165, 1.54) is 11.0 Å². The molecule has 1 fully saturated rings. The van der Waals surface area contributed by atoms with E-state index in [9.17, 15) is 9.18 Å². The molecule has 0 aromatic heterocycles. The Bertz CT molecular complexity index is 380. The second-order valence-electron chi connectivity index (χ2n) is 3.22. The molecule has 0 bridgehead atoms. The third-order valence-electron chi connectivity index (χ3n) is 2.30. The third-order valence-corrected chi connectivity index (χ3v) is 2.59. The summed E-state index contributed by atoms with van der Waals surface area (Å²) in [6.45, 7) is 0.579. The lowest BCUT2D eigenvalue weighted by molar-refractivity contribution is -0.117. The van der Waals surface area contributed by atoms with Crippen LogP contribution in [0.15, 0.2) is 18.2 Å². The minimum absolute atomic E-state index is 0.0360. The van der Waals surface area contributed by atoms with E-state index >= 15 is 0 Å². The molecule has 1 amide bonds. The first-order valence-corrected chi connectivity index (χ1v) is 4.82. The van der Waals surface area contributed by atoms with Crippen molar-refractivity contribution in [3.63, 3.8) is 0 Å². The summed E-state index contributed by atoms with van der Waals surface area (Å²) >= 11 is 5.63. The normalized spacial score (nSPS) is 16.4. The highest BCUT2D eigenvalue weighted by Gasteiger charge is 2.24. The van der Waals surface area contributed by atoms with Crippen molar-refractivity contribution in [2.45, 2.75) is 12.8 Å². The summed E-state index contributed by atoms with van der Waals surface area (Å²) in [4.78, 5) is 12.8. The maximum absolute atomic E-state index is 13.5. The van der Waals surface area contributed by atoms with Crippen LogP contribution in [0.2, 0.25) is 5.02 Å². The summed E-state index contributed by atoms with van der Waals surface area (Å²) in [5.74, 6) is -0.546. The van der Waals surface area contributed by atoms with Crippen molar-refractivity contribution in [1.29, 1.82) is 0 Å². The van der Waals surface area contributed by atoms with Crippen LogP contribution in [0, 0.1) is 5.82 Å². The first-order valence-electron chi connectivity index (χ1n) is 4.44. The van der Waals surface area contributed by atoms with E-state index < -0.39 is 5.82 Å². The number of anilines is 1. The summed E-state index contributed by atoms with van der Waals surface area (Å²) < 4.78 is 13.5. The van der Waals surface area contributed by atoms with Gasteiger partial charge in [0.2, 0.25) is 5.91 Å². The Hall–Kier alpha value is -1.09. The number of hydrogen-bond acceptors (Lipinski definition) is 1. The van der Waals surface area contributed by atoms with Crippen molar-refractivity contribution in [2.24, 2.45) is 0 Å². The maximum atomic E-state index is 13.5. The number of carbonyl (C=O) groups excluding carboxylic acids is 1. The van der Waals surface area contributed by atoms with Crippen LogP contribution in [0.25, 0.3) is 0 Å². The first-order chi connectivity index (χ1) is 6.70. The molecule has 74 valence electrons. The van der Waals surface area contributed by atoms with Gasteiger partial charge in [-0.1, -0.05) is 17.7 Å². The monoisotopic (exact) mass is 213 g/mol. The van der Waals surface area contributed by atoms with Gasteiger partial charge >= 0.3 is 0 Å². The molecule has 0 spiro atoms. The van der Waals surface area contributed by atoms with E-state index in [2.05, 4.69) is 0 Å². The largest absolute Gasteiger partial charge is 0.310 e. The lowest BCUT2D eigenvalue weighted by atomic mass is 10.3. The molecular formula is C10H9ClFNO. The van der Waals surface area contributed by atoms with Crippen molar-refractivity contribution < 1.29 is 9.18 Å². The Labute approximate surface area is 86.3 Å². The Morgan fingerprint density at radius 2 is 2.21 bits per heavy atom. The van der Waals surface area contributed by atoms with Crippen LogP contribution < -0.4 is 4.90 Å². The quantitative estimate of drug-likeness (QED) is 0.702. The summed E-state index contributed by atoms with van der Waals surface area (Å²) in [6.07, 6.45) is 1.27. The Morgan fingerprint density at radius 3 is 2.86 bits per heavy atom. The molecule has 1 aliphatic heterocycles. The highest BCUT2D eigenvalue weighted by Crippen LogP contribution is 2.28. The Morgan fingerprint density at radius 1 is 1.43 bits per heavy atom. The highest BCUT2D eigenvalue weighted by atomic mass is 35.5. The van der Waals surface area contributed by atoms with E-state index in [4.69, 9.17) is 11.6 Å². The molecule has 0 N–H and O–H groups in total. The highest BCUT2D eigenvalue weighted by molar-refractivity contribution is 6.31. The van der Waals surface area contributed by atoms with Crippen LogP contribution in [-0.2, 0) is 4.79 Å². The van der Waals surface area contributed by atoms with E-state index in [-0.39, 0.29) is 10.9 Å². The molecule has 0 aliphatic carbocycles. The number of rotatable bonds is 1. The molecule has 4 heteroatoms. The number of benzene rings is 1.